The molecule has 0 unspecified atom stereocenters. The van der Waals surface area contributed by atoms with Gasteiger partial charge in [0, 0.05) is 34.7 Å². The number of benzene rings is 2. The van der Waals surface area contributed by atoms with E-state index in [-0.39, 0.29) is 12.1 Å². The van der Waals surface area contributed by atoms with Crippen LogP contribution in [0.4, 0.5) is 11.4 Å². The van der Waals surface area contributed by atoms with Crippen molar-refractivity contribution in [3.05, 3.63) is 76.1 Å². The second kappa shape index (κ2) is 6.18. The number of hydrogen-bond donors (Lipinski definition) is 1. The van der Waals surface area contributed by atoms with Crippen LogP contribution in [0.1, 0.15) is 33.5 Å². The number of hydrogen-bond acceptors (Lipinski definition) is 3. The molecule has 132 valence electrons. The molecule has 1 amide bonds. The van der Waals surface area contributed by atoms with Crippen LogP contribution in [-0.4, -0.2) is 15.7 Å². The van der Waals surface area contributed by atoms with Gasteiger partial charge in [-0.1, -0.05) is 23.7 Å². The number of aromatic nitrogens is 2. The smallest absolute Gasteiger partial charge is 0.262 e. The number of nitrogens with one attached hydrogen (secondary N) is 1. The largest absolute Gasteiger partial charge is 0.360 e. The SMILES string of the molecule is Cc1nn(C)c(C)c1[C@H]1Nc2ccccc2C(=O)N1c1ccc(Cl)cc1. The molecule has 26 heavy (non-hydrogen) atoms. The normalized spacial score (nSPS) is 16.4. The molecule has 4 rings (SSSR count). The van der Waals surface area contributed by atoms with Crippen molar-refractivity contribution in [2.45, 2.75) is 20.0 Å². The third-order valence-electron chi connectivity index (χ3n) is 4.87. The molecule has 1 aromatic heterocycles. The summed E-state index contributed by atoms with van der Waals surface area (Å²) in [4.78, 5) is 15.1. The quantitative estimate of drug-likeness (QED) is 0.728. The van der Waals surface area contributed by atoms with Crippen molar-refractivity contribution in [1.29, 1.82) is 0 Å². The topological polar surface area (TPSA) is 50.2 Å². The molecule has 0 saturated heterocycles. The number of nitrogens with zero attached hydrogens (tertiary/aromatic N) is 3. The molecule has 1 aliphatic heterocycles. The summed E-state index contributed by atoms with van der Waals surface area (Å²) in [5.74, 6) is -0.0469. The van der Waals surface area contributed by atoms with Gasteiger partial charge in [-0.2, -0.15) is 5.10 Å². The summed E-state index contributed by atoms with van der Waals surface area (Å²) in [7, 11) is 1.91. The van der Waals surface area contributed by atoms with Gasteiger partial charge in [-0.15, -0.1) is 0 Å². The Kier molecular flexibility index (Phi) is 3.96. The van der Waals surface area contributed by atoms with E-state index in [4.69, 9.17) is 11.6 Å². The van der Waals surface area contributed by atoms with E-state index in [1.165, 1.54) is 0 Å². The Morgan fingerprint density at radius 2 is 1.77 bits per heavy atom. The maximum Gasteiger partial charge on any atom is 0.262 e. The summed E-state index contributed by atoms with van der Waals surface area (Å²) in [5.41, 5.74) is 5.19. The van der Waals surface area contributed by atoms with E-state index in [1.54, 1.807) is 17.0 Å². The predicted molar refractivity (Wildman–Crippen MR) is 104 cm³/mol. The zero-order valence-corrected chi connectivity index (χ0v) is 15.6. The van der Waals surface area contributed by atoms with Crippen molar-refractivity contribution < 1.29 is 4.79 Å². The van der Waals surface area contributed by atoms with Crippen LogP contribution in [0.5, 0.6) is 0 Å². The first-order valence-electron chi connectivity index (χ1n) is 8.42. The van der Waals surface area contributed by atoms with Gasteiger partial charge < -0.3 is 5.32 Å². The summed E-state index contributed by atoms with van der Waals surface area (Å²) in [5, 5.41) is 8.68. The molecule has 0 bridgehead atoms. The van der Waals surface area contributed by atoms with Gasteiger partial charge in [-0.3, -0.25) is 14.4 Å². The number of para-hydroxylation sites is 1. The van der Waals surface area contributed by atoms with E-state index < -0.39 is 0 Å². The summed E-state index contributed by atoms with van der Waals surface area (Å²) in [6.07, 6.45) is -0.340. The Labute approximate surface area is 157 Å². The Morgan fingerprint density at radius 1 is 1.08 bits per heavy atom. The minimum Gasteiger partial charge on any atom is -0.360 e. The number of halogens is 1. The Balaban J connectivity index is 1.91. The van der Waals surface area contributed by atoms with Gasteiger partial charge in [-0.25, -0.2) is 0 Å². The molecule has 2 aromatic carbocycles. The average Bonchev–Trinajstić information content (AvgIpc) is 2.88. The molecule has 6 heteroatoms. The summed E-state index contributed by atoms with van der Waals surface area (Å²) >= 11 is 6.04. The van der Waals surface area contributed by atoms with Gasteiger partial charge in [0.25, 0.3) is 5.91 Å². The van der Waals surface area contributed by atoms with Crippen LogP contribution in [0, 0.1) is 13.8 Å². The van der Waals surface area contributed by atoms with Crippen molar-refractivity contribution >= 4 is 28.9 Å². The van der Waals surface area contributed by atoms with Gasteiger partial charge in [0.05, 0.1) is 11.3 Å². The fourth-order valence-electron chi connectivity index (χ4n) is 3.51. The van der Waals surface area contributed by atoms with E-state index in [2.05, 4.69) is 10.4 Å². The van der Waals surface area contributed by atoms with E-state index in [0.29, 0.717) is 10.6 Å². The number of rotatable bonds is 2. The van der Waals surface area contributed by atoms with E-state index in [9.17, 15) is 4.79 Å². The fraction of sp³-hybridized carbons (Fsp3) is 0.200. The monoisotopic (exact) mass is 366 g/mol. The first kappa shape index (κ1) is 16.7. The van der Waals surface area contributed by atoms with Crippen molar-refractivity contribution in [3.8, 4) is 0 Å². The Hall–Kier alpha value is -2.79. The summed E-state index contributed by atoms with van der Waals surface area (Å²) in [6, 6.07) is 14.9. The average molecular weight is 367 g/mol. The number of amides is 1. The molecule has 0 aliphatic carbocycles. The highest BCUT2D eigenvalue weighted by atomic mass is 35.5. The highest BCUT2D eigenvalue weighted by Gasteiger charge is 2.36. The van der Waals surface area contributed by atoms with E-state index in [1.807, 2.05) is 62.0 Å². The lowest BCUT2D eigenvalue weighted by molar-refractivity contribution is 0.0975. The third kappa shape index (κ3) is 2.56. The molecule has 1 N–H and O–H groups in total. The molecule has 0 radical (unpaired) electrons. The first-order chi connectivity index (χ1) is 12.5. The number of carbonyl (C=O) groups is 1. The molecule has 3 aromatic rings. The van der Waals surface area contributed by atoms with Gasteiger partial charge in [0.15, 0.2) is 0 Å². The number of anilines is 2. The number of carbonyl (C=O) groups excluding carboxylic acids is 1. The fourth-order valence-corrected chi connectivity index (χ4v) is 3.64. The Bertz CT molecular complexity index is 994. The second-order valence-corrected chi connectivity index (χ2v) is 6.89. The maximum absolute atomic E-state index is 13.3. The van der Waals surface area contributed by atoms with Gasteiger partial charge in [-0.05, 0) is 50.2 Å². The minimum atomic E-state index is -0.340. The molecular formula is C20H19ClN4O. The third-order valence-corrected chi connectivity index (χ3v) is 5.12. The van der Waals surface area contributed by atoms with E-state index in [0.717, 1.165) is 28.3 Å². The zero-order valence-electron chi connectivity index (χ0n) is 14.8. The van der Waals surface area contributed by atoms with Crippen molar-refractivity contribution in [2.24, 2.45) is 7.05 Å². The molecule has 1 atom stereocenters. The standard InChI is InChI=1S/C20H19ClN4O/c1-12-18(13(2)24(3)23-12)19-22-17-7-5-4-6-16(17)20(26)25(19)15-10-8-14(21)9-11-15/h4-11,19,22H,1-3H3/t19-/m0/s1. The van der Waals surface area contributed by atoms with Gasteiger partial charge in [0.2, 0.25) is 0 Å². The van der Waals surface area contributed by atoms with Crippen molar-refractivity contribution in [3.63, 3.8) is 0 Å². The molecular weight excluding hydrogens is 348 g/mol. The second-order valence-electron chi connectivity index (χ2n) is 6.45. The maximum atomic E-state index is 13.3. The van der Waals surface area contributed by atoms with Crippen LogP contribution in [0.2, 0.25) is 5.02 Å². The lowest BCUT2D eigenvalue weighted by Gasteiger charge is -2.38. The number of aryl methyl sites for hydroxylation is 2. The number of fused-ring (bicyclic) bond motifs is 1. The van der Waals surface area contributed by atoms with Crippen LogP contribution in [-0.2, 0) is 7.05 Å². The van der Waals surface area contributed by atoms with Gasteiger partial charge in [0.1, 0.15) is 6.17 Å². The van der Waals surface area contributed by atoms with Crippen LogP contribution in [0.3, 0.4) is 0 Å². The highest BCUT2D eigenvalue weighted by molar-refractivity contribution is 6.30. The predicted octanol–water partition coefficient (Wildman–Crippen LogP) is 4.46. The molecule has 0 spiro atoms. The first-order valence-corrected chi connectivity index (χ1v) is 8.80. The lowest BCUT2D eigenvalue weighted by Crippen LogP contribution is -2.43. The molecule has 0 saturated carbocycles. The van der Waals surface area contributed by atoms with E-state index >= 15 is 0 Å². The summed E-state index contributed by atoms with van der Waals surface area (Å²) in [6.45, 7) is 3.98. The lowest BCUT2D eigenvalue weighted by atomic mass is 10.0. The molecule has 0 fully saturated rings. The Morgan fingerprint density at radius 3 is 2.42 bits per heavy atom. The van der Waals surface area contributed by atoms with Gasteiger partial charge >= 0.3 is 0 Å². The van der Waals surface area contributed by atoms with Crippen molar-refractivity contribution in [1.82, 2.24) is 9.78 Å². The van der Waals surface area contributed by atoms with Crippen LogP contribution in [0.25, 0.3) is 0 Å². The molecule has 1 aliphatic rings. The molecule has 5 nitrogen and oxygen atoms in total. The zero-order chi connectivity index (χ0) is 18.4. The van der Waals surface area contributed by atoms with Crippen LogP contribution >= 0.6 is 11.6 Å². The summed E-state index contributed by atoms with van der Waals surface area (Å²) < 4.78 is 1.84. The molecule has 2 heterocycles. The van der Waals surface area contributed by atoms with Crippen LogP contribution < -0.4 is 10.2 Å². The van der Waals surface area contributed by atoms with Crippen molar-refractivity contribution in [2.75, 3.05) is 10.2 Å². The highest BCUT2D eigenvalue weighted by Crippen LogP contribution is 2.38. The minimum absolute atomic E-state index is 0.0469. The van der Waals surface area contributed by atoms with Crippen LogP contribution in [0.15, 0.2) is 48.5 Å².